The first-order valence-electron chi connectivity index (χ1n) is 4.77. The van der Waals surface area contributed by atoms with Crippen LogP contribution in [0.1, 0.15) is 0 Å². The van der Waals surface area contributed by atoms with Gasteiger partial charge in [0.1, 0.15) is 0 Å². The smallest absolute Gasteiger partial charge is 0.314 e. The van der Waals surface area contributed by atoms with Crippen molar-refractivity contribution in [2.24, 2.45) is 0 Å². The zero-order valence-corrected chi connectivity index (χ0v) is 8.91. The summed E-state index contributed by atoms with van der Waals surface area (Å²) in [6.07, 6.45) is 1.30. The topological polar surface area (TPSA) is 104 Å². The van der Waals surface area contributed by atoms with Gasteiger partial charge in [0.25, 0.3) is 0 Å². The number of nitrogens with two attached hydrogens (primary N) is 1. The Labute approximate surface area is 100 Å². The lowest BCUT2D eigenvalue weighted by Crippen LogP contribution is -1.99. The molecular weight excluding hydrogens is 243 g/mol. The van der Waals surface area contributed by atoms with Crippen LogP contribution in [0.4, 0.5) is 16.0 Å². The van der Waals surface area contributed by atoms with Crippen LogP contribution >= 0.6 is 0 Å². The van der Waals surface area contributed by atoms with Crippen molar-refractivity contribution >= 4 is 11.6 Å². The molecule has 7 nitrogen and oxygen atoms in total. The normalized spacial score (nSPS) is 10.1. The van der Waals surface area contributed by atoms with E-state index in [1.54, 1.807) is 0 Å². The summed E-state index contributed by atoms with van der Waals surface area (Å²) >= 11 is 0. The van der Waals surface area contributed by atoms with Gasteiger partial charge in [0.2, 0.25) is 17.6 Å². The van der Waals surface area contributed by atoms with Crippen molar-refractivity contribution < 1.29 is 14.1 Å². The zero-order valence-electron chi connectivity index (χ0n) is 8.91. The minimum absolute atomic E-state index is 0.0734. The Bertz CT molecular complexity index is 605. The molecule has 2 N–H and O–H groups in total. The van der Waals surface area contributed by atoms with E-state index in [0.717, 1.165) is 12.1 Å². The molecular formula is C10H7FN4O3. The number of anilines is 1. The molecule has 8 heteroatoms. The minimum atomic E-state index is -0.860. The number of halogens is 1. The summed E-state index contributed by atoms with van der Waals surface area (Å²) in [6.45, 7) is 0. The van der Waals surface area contributed by atoms with Crippen LogP contribution < -0.4 is 10.5 Å². The van der Waals surface area contributed by atoms with Crippen molar-refractivity contribution in [1.29, 1.82) is 0 Å². The van der Waals surface area contributed by atoms with Gasteiger partial charge < -0.3 is 10.5 Å². The lowest BCUT2D eigenvalue weighted by molar-refractivity contribution is -0.385. The Morgan fingerprint density at radius 1 is 1.39 bits per heavy atom. The maximum Gasteiger partial charge on any atom is 0.314 e. The van der Waals surface area contributed by atoms with Crippen LogP contribution in [0.15, 0.2) is 30.5 Å². The number of ether oxygens (including phenoxy) is 1. The number of nitrogens with zero attached hydrogens (tertiary/aromatic N) is 3. The van der Waals surface area contributed by atoms with Crippen LogP contribution in [0.3, 0.4) is 0 Å². The molecule has 0 amide bonds. The summed E-state index contributed by atoms with van der Waals surface area (Å²) in [6, 6.07) is 4.71. The van der Waals surface area contributed by atoms with Crippen LogP contribution in [0.5, 0.6) is 11.6 Å². The first kappa shape index (κ1) is 11.7. The minimum Gasteiger partial charge on any atom is -0.428 e. The van der Waals surface area contributed by atoms with Crippen LogP contribution in [0, 0.1) is 15.9 Å². The molecule has 0 aliphatic carbocycles. The maximum absolute atomic E-state index is 13.5. The number of rotatable bonds is 3. The number of benzene rings is 1. The summed E-state index contributed by atoms with van der Waals surface area (Å²) in [5.74, 6) is -1.52. The molecule has 0 saturated heterocycles. The van der Waals surface area contributed by atoms with Gasteiger partial charge in [-0.2, -0.15) is 4.98 Å². The summed E-state index contributed by atoms with van der Waals surface area (Å²) < 4.78 is 18.5. The van der Waals surface area contributed by atoms with Gasteiger partial charge in [-0.3, -0.25) is 10.1 Å². The average molecular weight is 250 g/mol. The third-order valence-corrected chi connectivity index (χ3v) is 2.00. The van der Waals surface area contributed by atoms with Crippen LogP contribution in [0.25, 0.3) is 0 Å². The summed E-state index contributed by atoms with van der Waals surface area (Å²) in [5, 5.41) is 10.7. The highest BCUT2D eigenvalue weighted by Crippen LogP contribution is 2.32. The molecule has 2 rings (SSSR count). The Hall–Kier alpha value is -2.77. The van der Waals surface area contributed by atoms with E-state index in [2.05, 4.69) is 9.97 Å². The number of nitro groups is 1. The summed E-state index contributed by atoms with van der Waals surface area (Å²) in [4.78, 5) is 17.3. The second kappa shape index (κ2) is 4.62. The predicted molar refractivity (Wildman–Crippen MR) is 59.6 cm³/mol. The molecule has 1 aromatic heterocycles. The highest BCUT2D eigenvalue weighted by molar-refractivity contribution is 5.48. The Kier molecular flexibility index (Phi) is 3.00. The van der Waals surface area contributed by atoms with Gasteiger partial charge in [0.15, 0.2) is 5.82 Å². The van der Waals surface area contributed by atoms with Crippen molar-refractivity contribution in [3.63, 3.8) is 0 Å². The van der Waals surface area contributed by atoms with Gasteiger partial charge in [-0.25, -0.2) is 9.37 Å². The number of hydrogen-bond acceptors (Lipinski definition) is 6. The molecule has 1 aromatic carbocycles. The monoisotopic (exact) mass is 250 g/mol. The number of nitro benzene ring substituents is 1. The SMILES string of the molecule is Nc1nccc(Oc2c(F)cccc2[N+](=O)[O-])n1. The van der Waals surface area contributed by atoms with Crippen molar-refractivity contribution in [2.45, 2.75) is 0 Å². The second-order valence-corrected chi connectivity index (χ2v) is 3.20. The van der Waals surface area contributed by atoms with Gasteiger partial charge in [-0.05, 0) is 6.07 Å². The molecule has 0 radical (unpaired) electrons. The van der Waals surface area contributed by atoms with E-state index in [9.17, 15) is 14.5 Å². The molecule has 18 heavy (non-hydrogen) atoms. The van der Waals surface area contributed by atoms with E-state index in [0.29, 0.717) is 0 Å². The third-order valence-electron chi connectivity index (χ3n) is 2.00. The van der Waals surface area contributed by atoms with Gasteiger partial charge in [0, 0.05) is 18.3 Å². The van der Waals surface area contributed by atoms with Crippen molar-refractivity contribution in [3.05, 3.63) is 46.4 Å². The molecule has 2 aromatic rings. The fourth-order valence-corrected chi connectivity index (χ4v) is 1.26. The Balaban J connectivity index is 2.42. The number of para-hydroxylation sites is 1. The number of nitrogen functional groups attached to an aromatic ring is 1. The van der Waals surface area contributed by atoms with Crippen LogP contribution in [0.2, 0.25) is 0 Å². The van der Waals surface area contributed by atoms with Gasteiger partial charge in [0.05, 0.1) is 4.92 Å². The molecule has 92 valence electrons. The van der Waals surface area contributed by atoms with E-state index in [-0.39, 0.29) is 11.8 Å². The predicted octanol–water partition coefficient (Wildman–Crippen LogP) is 1.90. The molecule has 0 bridgehead atoms. The molecule has 0 saturated carbocycles. The zero-order chi connectivity index (χ0) is 13.1. The van der Waals surface area contributed by atoms with E-state index in [4.69, 9.17) is 10.5 Å². The fourth-order valence-electron chi connectivity index (χ4n) is 1.26. The molecule has 1 heterocycles. The second-order valence-electron chi connectivity index (χ2n) is 3.20. The molecule has 0 fully saturated rings. The fraction of sp³-hybridized carbons (Fsp3) is 0. The van der Waals surface area contributed by atoms with E-state index >= 15 is 0 Å². The molecule has 0 spiro atoms. The number of hydrogen-bond donors (Lipinski definition) is 1. The summed E-state index contributed by atoms with van der Waals surface area (Å²) in [5.41, 5.74) is 4.82. The van der Waals surface area contributed by atoms with Crippen LogP contribution in [-0.4, -0.2) is 14.9 Å². The number of aromatic nitrogens is 2. The van der Waals surface area contributed by atoms with E-state index in [1.165, 1.54) is 18.3 Å². The van der Waals surface area contributed by atoms with Crippen LogP contribution in [-0.2, 0) is 0 Å². The van der Waals surface area contributed by atoms with E-state index < -0.39 is 22.2 Å². The standard InChI is InChI=1S/C10H7FN4O3/c11-6-2-1-3-7(15(16)17)9(6)18-8-4-5-13-10(12)14-8/h1-5H,(H2,12,13,14). The maximum atomic E-state index is 13.5. The molecule has 0 aliphatic rings. The highest BCUT2D eigenvalue weighted by atomic mass is 19.1. The summed E-state index contributed by atoms with van der Waals surface area (Å²) in [7, 11) is 0. The van der Waals surface area contributed by atoms with Gasteiger partial charge >= 0.3 is 5.69 Å². The van der Waals surface area contributed by atoms with Crippen molar-refractivity contribution in [1.82, 2.24) is 9.97 Å². The molecule has 0 atom stereocenters. The Morgan fingerprint density at radius 2 is 2.17 bits per heavy atom. The lowest BCUT2D eigenvalue weighted by atomic mass is 10.3. The largest absolute Gasteiger partial charge is 0.428 e. The van der Waals surface area contributed by atoms with Gasteiger partial charge in [-0.15, -0.1) is 0 Å². The first-order valence-corrected chi connectivity index (χ1v) is 4.77. The highest BCUT2D eigenvalue weighted by Gasteiger charge is 2.20. The lowest BCUT2D eigenvalue weighted by Gasteiger charge is -2.06. The first-order chi connectivity index (χ1) is 8.58. The molecule has 0 unspecified atom stereocenters. The van der Waals surface area contributed by atoms with Crippen molar-refractivity contribution in [2.75, 3.05) is 5.73 Å². The third kappa shape index (κ3) is 2.32. The average Bonchev–Trinajstić information content (AvgIpc) is 2.31. The quantitative estimate of drug-likeness (QED) is 0.658. The van der Waals surface area contributed by atoms with Crippen molar-refractivity contribution in [3.8, 4) is 11.6 Å². The van der Waals surface area contributed by atoms with E-state index in [1.807, 2.05) is 0 Å². The molecule has 0 aliphatic heterocycles. The Morgan fingerprint density at radius 3 is 2.83 bits per heavy atom. The van der Waals surface area contributed by atoms with Gasteiger partial charge in [-0.1, -0.05) is 6.07 Å².